The lowest BCUT2D eigenvalue weighted by atomic mass is 10.2. The number of alkyl halides is 2. The van der Waals surface area contributed by atoms with Crippen LogP contribution in [0, 0.1) is 10.1 Å². The van der Waals surface area contributed by atoms with Gasteiger partial charge in [0, 0.05) is 0 Å². The summed E-state index contributed by atoms with van der Waals surface area (Å²) in [7, 11) is 0. The summed E-state index contributed by atoms with van der Waals surface area (Å²) in [5, 5.41) is 19.4. The second-order valence-corrected chi connectivity index (χ2v) is 2.35. The summed E-state index contributed by atoms with van der Waals surface area (Å²) >= 11 is 0. The molecule has 1 aromatic rings. The van der Waals surface area contributed by atoms with Gasteiger partial charge in [-0.1, -0.05) is 0 Å². The Morgan fingerprint density at radius 2 is 2.21 bits per heavy atom. The molecule has 0 amide bonds. The van der Waals surface area contributed by atoms with E-state index in [-0.39, 0.29) is 0 Å². The number of nitrogens with zero attached hydrogens (tertiary/aromatic N) is 2. The van der Waals surface area contributed by atoms with Crippen LogP contribution in [0.2, 0.25) is 0 Å². The molecule has 1 heterocycles. The van der Waals surface area contributed by atoms with Gasteiger partial charge >= 0.3 is 5.69 Å². The molecule has 0 aliphatic carbocycles. The third-order valence-electron chi connectivity index (χ3n) is 1.47. The average molecular weight is 205 g/mol. The van der Waals surface area contributed by atoms with E-state index in [2.05, 4.69) is 4.98 Å². The molecular formula is C6H5F2N3O3. The minimum Gasteiger partial charge on any atom is -0.501 e. The van der Waals surface area contributed by atoms with Crippen LogP contribution in [0.3, 0.4) is 0 Å². The molecule has 0 bridgehead atoms. The number of hydrogen-bond donors (Lipinski definition) is 2. The van der Waals surface area contributed by atoms with Gasteiger partial charge in [0.2, 0.25) is 5.75 Å². The lowest BCUT2D eigenvalue weighted by Gasteiger charge is -2.03. The van der Waals surface area contributed by atoms with Crippen molar-refractivity contribution in [1.82, 2.24) is 4.98 Å². The van der Waals surface area contributed by atoms with Crippen molar-refractivity contribution >= 4 is 11.4 Å². The quantitative estimate of drug-likeness (QED) is 0.558. The first kappa shape index (κ1) is 10.1. The number of aromatic hydroxyl groups is 1. The minimum absolute atomic E-state index is 0.461. The van der Waals surface area contributed by atoms with Crippen molar-refractivity contribution < 1.29 is 18.8 Å². The van der Waals surface area contributed by atoms with Crippen molar-refractivity contribution in [1.29, 1.82) is 0 Å². The Labute approximate surface area is 76.1 Å². The molecule has 6 nitrogen and oxygen atoms in total. The summed E-state index contributed by atoms with van der Waals surface area (Å²) in [6, 6.07) is 0. The predicted octanol–water partition coefficient (Wildman–Crippen LogP) is 1.22. The molecule has 0 radical (unpaired) electrons. The van der Waals surface area contributed by atoms with Gasteiger partial charge in [0.15, 0.2) is 5.69 Å². The first-order valence-electron chi connectivity index (χ1n) is 3.35. The van der Waals surface area contributed by atoms with Gasteiger partial charge in [-0.25, -0.2) is 13.8 Å². The Kier molecular flexibility index (Phi) is 2.45. The molecule has 0 aliphatic heterocycles. The molecule has 0 saturated heterocycles. The van der Waals surface area contributed by atoms with Gasteiger partial charge in [-0.3, -0.25) is 10.1 Å². The molecule has 14 heavy (non-hydrogen) atoms. The van der Waals surface area contributed by atoms with Crippen molar-refractivity contribution in [2.45, 2.75) is 6.43 Å². The van der Waals surface area contributed by atoms with E-state index in [4.69, 9.17) is 10.8 Å². The normalized spacial score (nSPS) is 10.5. The van der Waals surface area contributed by atoms with Crippen LogP contribution in [0.1, 0.15) is 12.1 Å². The van der Waals surface area contributed by atoms with Crippen LogP contribution in [0.4, 0.5) is 20.2 Å². The first-order valence-corrected chi connectivity index (χ1v) is 3.35. The van der Waals surface area contributed by atoms with Gasteiger partial charge < -0.3 is 10.8 Å². The average Bonchev–Trinajstić information content (AvgIpc) is 2.02. The Morgan fingerprint density at radius 1 is 1.64 bits per heavy atom. The fourth-order valence-electron chi connectivity index (χ4n) is 0.871. The largest absolute Gasteiger partial charge is 0.501 e. The number of halogens is 2. The van der Waals surface area contributed by atoms with E-state index < -0.39 is 34.2 Å². The van der Waals surface area contributed by atoms with Crippen molar-refractivity contribution in [2.75, 3.05) is 5.73 Å². The number of rotatable bonds is 2. The van der Waals surface area contributed by atoms with Gasteiger partial charge in [0.25, 0.3) is 6.43 Å². The highest BCUT2D eigenvalue weighted by molar-refractivity contribution is 5.65. The Bertz CT molecular complexity index is 383. The van der Waals surface area contributed by atoms with Crippen molar-refractivity contribution in [2.24, 2.45) is 0 Å². The van der Waals surface area contributed by atoms with Gasteiger partial charge in [-0.05, 0) is 0 Å². The molecule has 0 unspecified atom stereocenters. The standard InChI is InChI=1S/C6H5F2N3O3/c7-6(8)3-5(12)4(11(13)14)2(9)1-10-3/h1,6,12H,9H2. The van der Waals surface area contributed by atoms with Crippen LogP contribution in [0.15, 0.2) is 6.20 Å². The molecule has 76 valence electrons. The second-order valence-electron chi connectivity index (χ2n) is 2.35. The van der Waals surface area contributed by atoms with E-state index in [1.807, 2.05) is 0 Å². The fraction of sp³-hybridized carbons (Fsp3) is 0.167. The smallest absolute Gasteiger partial charge is 0.337 e. The van der Waals surface area contributed by atoms with Gasteiger partial charge in [-0.15, -0.1) is 0 Å². The highest BCUT2D eigenvalue weighted by atomic mass is 19.3. The molecule has 1 rings (SSSR count). The minimum atomic E-state index is -3.09. The molecule has 0 atom stereocenters. The van der Waals surface area contributed by atoms with E-state index in [1.54, 1.807) is 0 Å². The van der Waals surface area contributed by atoms with Crippen molar-refractivity contribution in [3.63, 3.8) is 0 Å². The number of pyridine rings is 1. The maximum absolute atomic E-state index is 12.1. The van der Waals surface area contributed by atoms with Crippen LogP contribution in [0.5, 0.6) is 5.75 Å². The summed E-state index contributed by atoms with van der Waals surface area (Å²) in [4.78, 5) is 12.4. The number of nitrogen functional groups attached to an aromatic ring is 1. The third-order valence-corrected chi connectivity index (χ3v) is 1.47. The van der Waals surface area contributed by atoms with E-state index >= 15 is 0 Å². The number of nitro groups is 1. The predicted molar refractivity (Wildman–Crippen MR) is 41.9 cm³/mol. The van der Waals surface area contributed by atoms with Crippen LogP contribution in [0.25, 0.3) is 0 Å². The highest BCUT2D eigenvalue weighted by Crippen LogP contribution is 2.37. The monoisotopic (exact) mass is 205 g/mol. The molecular weight excluding hydrogens is 200 g/mol. The van der Waals surface area contributed by atoms with E-state index in [1.165, 1.54) is 0 Å². The number of aromatic nitrogens is 1. The zero-order valence-electron chi connectivity index (χ0n) is 6.65. The molecule has 0 spiro atoms. The Morgan fingerprint density at radius 3 is 2.64 bits per heavy atom. The van der Waals surface area contributed by atoms with Gasteiger partial charge in [0.05, 0.1) is 11.1 Å². The summed E-state index contributed by atoms with van der Waals surface area (Å²) in [5.74, 6) is -1.19. The summed E-state index contributed by atoms with van der Waals surface area (Å²) in [6.07, 6.45) is -2.38. The zero-order valence-corrected chi connectivity index (χ0v) is 6.65. The maximum Gasteiger partial charge on any atom is 0.337 e. The van der Waals surface area contributed by atoms with Gasteiger partial charge in [-0.2, -0.15) is 0 Å². The second kappa shape index (κ2) is 3.40. The van der Waals surface area contributed by atoms with Crippen LogP contribution < -0.4 is 5.73 Å². The molecule has 0 fully saturated rings. The Hall–Kier alpha value is -1.99. The highest BCUT2D eigenvalue weighted by Gasteiger charge is 2.26. The molecule has 1 aromatic heterocycles. The van der Waals surface area contributed by atoms with E-state index in [0.29, 0.717) is 6.20 Å². The zero-order chi connectivity index (χ0) is 10.9. The van der Waals surface area contributed by atoms with E-state index in [9.17, 15) is 18.9 Å². The summed E-state index contributed by atoms with van der Waals surface area (Å²) in [6.45, 7) is 0. The molecule has 8 heteroatoms. The number of hydrogen-bond acceptors (Lipinski definition) is 5. The third kappa shape index (κ3) is 1.53. The molecule has 3 N–H and O–H groups in total. The number of anilines is 1. The Balaban J connectivity index is 3.41. The van der Waals surface area contributed by atoms with Crippen molar-refractivity contribution in [3.05, 3.63) is 22.0 Å². The fourth-order valence-corrected chi connectivity index (χ4v) is 0.871. The molecule has 0 saturated carbocycles. The summed E-state index contributed by atoms with van der Waals surface area (Å²) in [5.41, 5.74) is 2.62. The van der Waals surface area contributed by atoms with Crippen LogP contribution >= 0.6 is 0 Å². The maximum atomic E-state index is 12.1. The molecule has 0 aliphatic rings. The summed E-state index contributed by atoms with van der Waals surface area (Å²) < 4.78 is 24.2. The molecule has 0 aromatic carbocycles. The first-order chi connectivity index (χ1) is 6.45. The SMILES string of the molecule is Nc1cnc(C(F)F)c(O)c1[N+](=O)[O-]. The van der Waals surface area contributed by atoms with E-state index in [0.717, 1.165) is 0 Å². The topological polar surface area (TPSA) is 102 Å². The lowest BCUT2D eigenvalue weighted by molar-refractivity contribution is -0.385. The van der Waals surface area contributed by atoms with Gasteiger partial charge in [0.1, 0.15) is 5.69 Å². The lowest BCUT2D eigenvalue weighted by Crippen LogP contribution is -2.01. The van der Waals surface area contributed by atoms with Crippen molar-refractivity contribution in [3.8, 4) is 5.75 Å². The van der Waals surface area contributed by atoms with Crippen LogP contribution in [-0.4, -0.2) is 15.0 Å². The number of nitrogens with two attached hydrogens (primary N) is 1. The van der Waals surface area contributed by atoms with Crippen LogP contribution in [-0.2, 0) is 0 Å².